The first-order valence-corrected chi connectivity index (χ1v) is 7.45. The van der Waals surface area contributed by atoms with Crippen LogP contribution in [0.2, 0.25) is 0 Å². The van der Waals surface area contributed by atoms with E-state index in [9.17, 15) is 19.4 Å². The molecule has 0 aliphatic carbocycles. The molecule has 1 radical (unpaired) electrons. The van der Waals surface area contributed by atoms with Crippen LogP contribution in [0.4, 0.5) is 4.39 Å². The highest BCUT2D eigenvalue weighted by molar-refractivity contribution is 5.76. The third-order valence-electron chi connectivity index (χ3n) is 3.55. The van der Waals surface area contributed by atoms with Crippen LogP contribution >= 0.6 is 0 Å². The van der Waals surface area contributed by atoms with Crippen molar-refractivity contribution in [3.05, 3.63) is 42.1 Å². The molecule has 0 unspecified atom stereocenters. The van der Waals surface area contributed by atoms with E-state index < -0.39 is 23.5 Å². The lowest BCUT2D eigenvalue weighted by Crippen LogP contribution is -2.30. The maximum atomic E-state index is 13.1. The first-order valence-electron chi connectivity index (χ1n) is 7.45. The number of amides is 1. The van der Waals surface area contributed by atoms with Gasteiger partial charge in [0.15, 0.2) is 0 Å². The van der Waals surface area contributed by atoms with Gasteiger partial charge in [0.2, 0.25) is 5.91 Å². The van der Waals surface area contributed by atoms with Crippen LogP contribution in [0.15, 0.2) is 24.3 Å². The minimum atomic E-state index is -0.871. The van der Waals surface area contributed by atoms with Crippen molar-refractivity contribution in [2.75, 3.05) is 0 Å². The zero-order chi connectivity index (χ0) is 16.8. The van der Waals surface area contributed by atoms with Gasteiger partial charge in [-0.1, -0.05) is 12.1 Å². The lowest BCUT2D eigenvalue weighted by Gasteiger charge is -2.22. The number of halogens is 1. The third-order valence-corrected chi connectivity index (χ3v) is 3.55. The molecule has 0 fully saturated rings. The second-order valence-corrected chi connectivity index (χ2v) is 6.32. The molecule has 1 rings (SSSR count). The largest absolute Gasteiger partial charge is 0.393 e. The van der Waals surface area contributed by atoms with Crippen LogP contribution in [-0.2, 0) is 11.2 Å². The van der Waals surface area contributed by atoms with Crippen molar-refractivity contribution in [1.82, 2.24) is 0 Å². The number of hydrogen-bond acceptors (Lipinski definition) is 3. The summed E-state index contributed by atoms with van der Waals surface area (Å²) in [6, 6.07) is 6.15. The molecule has 22 heavy (non-hydrogen) atoms. The van der Waals surface area contributed by atoms with Gasteiger partial charge in [-0.2, -0.15) is 0 Å². The zero-order valence-electron chi connectivity index (χ0n) is 13.1. The number of carbonyl (C=O) groups excluding carboxylic acids is 1. The Balaban J connectivity index is 2.46. The van der Waals surface area contributed by atoms with Crippen LogP contribution in [0.3, 0.4) is 0 Å². The lowest BCUT2D eigenvalue weighted by atomic mass is 9.89. The van der Waals surface area contributed by atoms with Gasteiger partial charge in [-0.25, -0.2) is 4.39 Å². The molecule has 123 valence electrons. The fraction of sp³-hybridized carbons (Fsp3) is 0.529. The molecule has 4 nitrogen and oxygen atoms in total. The number of primary amides is 1. The van der Waals surface area contributed by atoms with Gasteiger partial charge in [0.1, 0.15) is 5.82 Å². The topological polar surface area (TPSA) is 83.6 Å². The number of nitrogens with two attached hydrogens (primary N) is 1. The second kappa shape index (κ2) is 8.25. The summed E-state index contributed by atoms with van der Waals surface area (Å²) in [5, 5.41) is 19.7. The molecule has 1 aromatic rings. The van der Waals surface area contributed by atoms with Crippen LogP contribution in [0.1, 0.15) is 38.7 Å². The summed E-state index contributed by atoms with van der Waals surface area (Å²) < 4.78 is 13.1. The Bertz CT molecular complexity index is 485. The first kappa shape index (κ1) is 18.6. The molecule has 0 saturated heterocycles. The Labute approximate surface area is 131 Å². The van der Waals surface area contributed by atoms with Crippen molar-refractivity contribution in [3.63, 3.8) is 0 Å². The fourth-order valence-electron chi connectivity index (χ4n) is 2.23. The summed E-state index contributed by atoms with van der Waals surface area (Å²) >= 11 is 0. The van der Waals surface area contributed by atoms with Gasteiger partial charge in [0, 0.05) is 5.92 Å². The predicted molar refractivity (Wildman–Crippen MR) is 83.2 cm³/mol. The molecule has 0 aliphatic rings. The predicted octanol–water partition coefficient (Wildman–Crippen LogP) is 1.98. The van der Waals surface area contributed by atoms with E-state index in [2.05, 4.69) is 0 Å². The van der Waals surface area contributed by atoms with E-state index in [4.69, 9.17) is 5.73 Å². The van der Waals surface area contributed by atoms with E-state index in [1.54, 1.807) is 32.4 Å². The van der Waals surface area contributed by atoms with Crippen molar-refractivity contribution in [3.8, 4) is 0 Å². The van der Waals surface area contributed by atoms with Crippen molar-refractivity contribution >= 4 is 5.91 Å². The van der Waals surface area contributed by atoms with Crippen molar-refractivity contribution in [2.45, 2.75) is 51.2 Å². The highest BCUT2D eigenvalue weighted by Crippen LogP contribution is 2.21. The van der Waals surface area contributed by atoms with Crippen molar-refractivity contribution in [1.29, 1.82) is 0 Å². The SMILES string of the molecule is CC(C)(O)CC[C@H](C[C@@H](O)[CH]Cc1cccc(F)c1)C(N)=O. The van der Waals surface area contributed by atoms with Crippen LogP contribution in [0.5, 0.6) is 0 Å². The minimum absolute atomic E-state index is 0.209. The Morgan fingerprint density at radius 2 is 2.14 bits per heavy atom. The van der Waals surface area contributed by atoms with E-state index in [1.165, 1.54) is 12.1 Å². The van der Waals surface area contributed by atoms with Gasteiger partial charge in [-0.3, -0.25) is 4.79 Å². The van der Waals surface area contributed by atoms with E-state index >= 15 is 0 Å². The highest BCUT2D eigenvalue weighted by Gasteiger charge is 2.23. The third kappa shape index (κ3) is 7.52. The normalized spacial score (nSPS) is 14.6. The number of carbonyl (C=O) groups is 1. The minimum Gasteiger partial charge on any atom is -0.393 e. The Kier molecular flexibility index (Phi) is 6.97. The maximum absolute atomic E-state index is 13.1. The molecule has 0 aromatic heterocycles. The first-order chi connectivity index (χ1) is 10.2. The number of rotatable bonds is 9. The summed E-state index contributed by atoms with van der Waals surface area (Å²) in [7, 11) is 0. The molecule has 0 heterocycles. The van der Waals surface area contributed by atoms with Gasteiger partial charge < -0.3 is 15.9 Å². The summed E-state index contributed by atoms with van der Waals surface area (Å²) in [6.45, 7) is 3.33. The summed E-state index contributed by atoms with van der Waals surface area (Å²) in [4.78, 5) is 11.4. The summed E-state index contributed by atoms with van der Waals surface area (Å²) in [6.07, 6.45) is 2.30. The van der Waals surface area contributed by atoms with E-state index in [-0.39, 0.29) is 12.2 Å². The summed E-state index contributed by atoms with van der Waals surface area (Å²) in [5.74, 6) is -1.30. The molecule has 0 spiro atoms. The van der Waals surface area contributed by atoms with Crippen LogP contribution in [0, 0.1) is 18.2 Å². The Morgan fingerprint density at radius 1 is 1.45 bits per heavy atom. The molecule has 1 amide bonds. The van der Waals surface area contributed by atoms with Gasteiger partial charge in [-0.05, 0) is 63.6 Å². The number of aliphatic hydroxyl groups excluding tert-OH is 1. The van der Waals surface area contributed by atoms with Crippen LogP contribution < -0.4 is 5.73 Å². The average molecular weight is 310 g/mol. The monoisotopic (exact) mass is 310 g/mol. The molecular weight excluding hydrogens is 285 g/mol. The second-order valence-electron chi connectivity index (χ2n) is 6.32. The summed E-state index contributed by atoms with van der Waals surface area (Å²) in [5.41, 5.74) is 5.23. The van der Waals surface area contributed by atoms with Crippen molar-refractivity contribution in [2.24, 2.45) is 11.7 Å². The van der Waals surface area contributed by atoms with Crippen molar-refractivity contribution < 1.29 is 19.4 Å². The molecule has 5 heteroatoms. The van der Waals surface area contributed by atoms with Gasteiger partial charge in [0.05, 0.1) is 11.7 Å². The van der Waals surface area contributed by atoms with E-state index in [0.29, 0.717) is 19.3 Å². The lowest BCUT2D eigenvalue weighted by molar-refractivity contribution is -0.123. The Hall–Kier alpha value is -1.46. The van der Waals surface area contributed by atoms with Gasteiger partial charge in [0.25, 0.3) is 0 Å². The van der Waals surface area contributed by atoms with Gasteiger partial charge >= 0.3 is 0 Å². The van der Waals surface area contributed by atoms with Gasteiger partial charge in [-0.15, -0.1) is 0 Å². The molecule has 0 saturated carbocycles. The zero-order valence-corrected chi connectivity index (χ0v) is 13.1. The average Bonchev–Trinajstić information content (AvgIpc) is 2.40. The van der Waals surface area contributed by atoms with E-state index in [0.717, 1.165) is 5.56 Å². The molecule has 2 atom stereocenters. The molecule has 0 bridgehead atoms. The number of hydrogen-bond donors (Lipinski definition) is 3. The van der Waals surface area contributed by atoms with Crippen LogP contribution in [0.25, 0.3) is 0 Å². The molecule has 4 N–H and O–H groups in total. The fourth-order valence-corrected chi connectivity index (χ4v) is 2.23. The number of aliphatic hydroxyl groups is 2. The maximum Gasteiger partial charge on any atom is 0.220 e. The Morgan fingerprint density at radius 3 is 2.68 bits per heavy atom. The standard InChI is InChI=1S/C17H25FNO3/c1-17(2,22)9-8-13(16(19)21)11-15(20)7-6-12-4-3-5-14(18)10-12/h3-5,7,10,13,15,20,22H,6,8-9,11H2,1-2H3,(H2,19,21)/t13-,15+/m1/s1. The van der Waals surface area contributed by atoms with Crippen LogP contribution in [-0.4, -0.2) is 27.8 Å². The quantitative estimate of drug-likeness (QED) is 0.652. The van der Waals surface area contributed by atoms with E-state index in [1.807, 2.05) is 0 Å². The highest BCUT2D eigenvalue weighted by atomic mass is 19.1. The molecule has 0 aliphatic heterocycles. The molecule has 1 aromatic carbocycles. The smallest absolute Gasteiger partial charge is 0.220 e. The molecular formula is C17H25FNO3. The number of benzene rings is 1.